The van der Waals surface area contributed by atoms with Crippen LogP contribution in [0.1, 0.15) is 25.7 Å². The number of carbonyl (C=O) groups is 1. The van der Waals surface area contributed by atoms with E-state index in [0.29, 0.717) is 12.5 Å². The molecule has 1 saturated carbocycles. The van der Waals surface area contributed by atoms with E-state index in [4.69, 9.17) is 10.5 Å². The molecule has 2 N–H and O–H groups in total. The van der Waals surface area contributed by atoms with Gasteiger partial charge in [-0.1, -0.05) is 6.42 Å². The molecule has 0 unspecified atom stereocenters. The molecule has 0 radical (unpaired) electrons. The van der Waals surface area contributed by atoms with Crippen molar-refractivity contribution in [2.75, 3.05) is 13.7 Å². The fourth-order valence-corrected chi connectivity index (χ4v) is 1.89. The van der Waals surface area contributed by atoms with Crippen molar-refractivity contribution in [2.24, 2.45) is 17.6 Å². The van der Waals surface area contributed by atoms with Crippen molar-refractivity contribution in [1.82, 2.24) is 0 Å². The molecule has 1 aliphatic carbocycles. The smallest absolute Gasteiger partial charge is 0.308 e. The van der Waals surface area contributed by atoms with Gasteiger partial charge in [0.2, 0.25) is 0 Å². The van der Waals surface area contributed by atoms with E-state index in [-0.39, 0.29) is 11.9 Å². The molecule has 0 aromatic rings. The first-order valence-electron chi connectivity index (χ1n) is 4.55. The molecule has 0 aromatic heterocycles. The molecule has 1 aliphatic rings. The first-order valence-corrected chi connectivity index (χ1v) is 4.55. The Bertz CT molecular complexity index is 159. The van der Waals surface area contributed by atoms with Gasteiger partial charge in [-0.2, -0.15) is 0 Å². The summed E-state index contributed by atoms with van der Waals surface area (Å²) in [5.74, 6) is 0.577. The molecule has 0 bridgehead atoms. The van der Waals surface area contributed by atoms with Crippen LogP contribution < -0.4 is 5.73 Å². The largest absolute Gasteiger partial charge is 0.469 e. The number of ether oxygens (including phenoxy) is 1. The highest BCUT2D eigenvalue weighted by Crippen LogP contribution is 2.28. The van der Waals surface area contributed by atoms with Crippen molar-refractivity contribution in [3.8, 4) is 0 Å². The van der Waals surface area contributed by atoms with E-state index in [2.05, 4.69) is 0 Å². The zero-order valence-corrected chi connectivity index (χ0v) is 7.58. The van der Waals surface area contributed by atoms with Gasteiger partial charge in [0.1, 0.15) is 0 Å². The topological polar surface area (TPSA) is 52.3 Å². The normalized spacial score (nSPS) is 29.8. The van der Waals surface area contributed by atoms with E-state index in [0.717, 1.165) is 19.3 Å². The molecule has 0 aromatic carbocycles. The van der Waals surface area contributed by atoms with Crippen molar-refractivity contribution in [1.29, 1.82) is 0 Å². The summed E-state index contributed by atoms with van der Waals surface area (Å²) in [6.45, 7) is 0.702. The molecular formula is C9H17NO2. The van der Waals surface area contributed by atoms with Gasteiger partial charge in [0.25, 0.3) is 0 Å². The number of hydrogen-bond donors (Lipinski definition) is 1. The molecule has 1 rings (SSSR count). The van der Waals surface area contributed by atoms with Crippen molar-refractivity contribution >= 4 is 5.97 Å². The van der Waals surface area contributed by atoms with Crippen LogP contribution in [0.15, 0.2) is 0 Å². The zero-order chi connectivity index (χ0) is 8.97. The SMILES string of the molecule is COC(=O)[C@@H]1CCC[C@H](CN)C1. The lowest BCUT2D eigenvalue weighted by atomic mass is 9.81. The maximum absolute atomic E-state index is 11.2. The fourth-order valence-electron chi connectivity index (χ4n) is 1.89. The van der Waals surface area contributed by atoms with Crippen molar-refractivity contribution in [3.63, 3.8) is 0 Å². The third-order valence-corrected chi connectivity index (χ3v) is 2.65. The van der Waals surface area contributed by atoms with E-state index in [9.17, 15) is 4.79 Å². The van der Waals surface area contributed by atoms with Crippen LogP contribution in [-0.4, -0.2) is 19.6 Å². The van der Waals surface area contributed by atoms with Crippen LogP contribution in [0, 0.1) is 11.8 Å². The molecule has 0 heterocycles. The van der Waals surface area contributed by atoms with Gasteiger partial charge >= 0.3 is 5.97 Å². The Morgan fingerprint density at radius 2 is 2.33 bits per heavy atom. The summed E-state index contributed by atoms with van der Waals surface area (Å²) in [6, 6.07) is 0. The number of nitrogens with two attached hydrogens (primary N) is 1. The Kier molecular flexibility index (Phi) is 3.53. The van der Waals surface area contributed by atoms with E-state index in [1.807, 2.05) is 0 Å². The van der Waals surface area contributed by atoms with Crippen LogP contribution in [0.25, 0.3) is 0 Å². The van der Waals surface area contributed by atoms with Crippen LogP contribution >= 0.6 is 0 Å². The quantitative estimate of drug-likeness (QED) is 0.629. The first-order chi connectivity index (χ1) is 5.77. The Labute approximate surface area is 73.3 Å². The van der Waals surface area contributed by atoms with Gasteiger partial charge in [0.05, 0.1) is 13.0 Å². The minimum absolute atomic E-state index is 0.0619. The predicted octanol–water partition coefficient (Wildman–Crippen LogP) is 0.924. The highest BCUT2D eigenvalue weighted by Gasteiger charge is 2.26. The van der Waals surface area contributed by atoms with E-state index < -0.39 is 0 Å². The standard InChI is InChI=1S/C9H17NO2/c1-12-9(11)8-4-2-3-7(5-8)6-10/h7-8H,2-6,10H2,1H3/t7-,8+/m0/s1. The number of carbonyl (C=O) groups excluding carboxylic acids is 1. The molecule has 1 fully saturated rings. The Morgan fingerprint density at radius 1 is 1.58 bits per heavy atom. The van der Waals surface area contributed by atoms with Crippen LogP contribution in [0.3, 0.4) is 0 Å². The van der Waals surface area contributed by atoms with E-state index >= 15 is 0 Å². The maximum atomic E-state index is 11.2. The summed E-state index contributed by atoms with van der Waals surface area (Å²) in [6.07, 6.45) is 4.18. The summed E-state index contributed by atoms with van der Waals surface area (Å²) in [7, 11) is 1.45. The number of hydrogen-bond acceptors (Lipinski definition) is 3. The number of methoxy groups -OCH3 is 1. The van der Waals surface area contributed by atoms with Crippen molar-refractivity contribution in [3.05, 3.63) is 0 Å². The molecule has 0 spiro atoms. The highest BCUT2D eigenvalue weighted by molar-refractivity contribution is 5.72. The first kappa shape index (κ1) is 9.52. The number of esters is 1. The van der Waals surface area contributed by atoms with Gasteiger partial charge < -0.3 is 10.5 Å². The van der Waals surface area contributed by atoms with E-state index in [1.54, 1.807) is 0 Å². The predicted molar refractivity (Wildman–Crippen MR) is 46.5 cm³/mol. The molecule has 2 atom stereocenters. The van der Waals surface area contributed by atoms with Gasteiger partial charge in [0.15, 0.2) is 0 Å². The van der Waals surface area contributed by atoms with Crippen LogP contribution in [0.2, 0.25) is 0 Å². The molecule has 3 heteroatoms. The van der Waals surface area contributed by atoms with Gasteiger partial charge in [-0.05, 0) is 31.7 Å². The monoisotopic (exact) mass is 171 g/mol. The molecule has 3 nitrogen and oxygen atoms in total. The Hall–Kier alpha value is -0.570. The summed E-state index contributed by atoms with van der Waals surface area (Å²) in [5, 5.41) is 0. The Morgan fingerprint density at radius 3 is 2.92 bits per heavy atom. The lowest BCUT2D eigenvalue weighted by Crippen LogP contribution is -2.27. The van der Waals surface area contributed by atoms with Crippen molar-refractivity contribution < 1.29 is 9.53 Å². The second-order valence-corrected chi connectivity index (χ2v) is 3.49. The molecule has 12 heavy (non-hydrogen) atoms. The molecule has 0 amide bonds. The maximum Gasteiger partial charge on any atom is 0.308 e. The lowest BCUT2D eigenvalue weighted by molar-refractivity contribution is -0.147. The average Bonchev–Trinajstić information content (AvgIpc) is 2.17. The third kappa shape index (κ3) is 2.21. The molecule has 0 saturated heterocycles. The second-order valence-electron chi connectivity index (χ2n) is 3.49. The van der Waals surface area contributed by atoms with E-state index in [1.165, 1.54) is 13.5 Å². The summed E-state index contributed by atoms with van der Waals surface area (Å²) in [5.41, 5.74) is 5.55. The minimum atomic E-state index is -0.0619. The van der Waals surface area contributed by atoms with Crippen LogP contribution in [-0.2, 0) is 9.53 Å². The second kappa shape index (κ2) is 4.45. The lowest BCUT2D eigenvalue weighted by Gasteiger charge is -2.26. The summed E-state index contributed by atoms with van der Waals surface area (Å²) in [4.78, 5) is 11.2. The van der Waals surface area contributed by atoms with Gasteiger partial charge in [0, 0.05) is 0 Å². The van der Waals surface area contributed by atoms with Crippen molar-refractivity contribution in [2.45, 2.75) is 25.7 Å². The summed E-state index contributed by atoms with van der Waals surface area (Å²) < 4.78 is 4.70. The third-order valence-electron chi connectivity index (χ3n) is 2.65. The van der Waals surface area contributed by atoms with Gasteiger partial charge in [-0.25, -0.2) is 0 Å². The van der Waals surface area contributed by atoms with Gasteiger partial charge in [-0.3, -0.25) is 4.79 Å². The van der Waals surface area contributed by atoms with Crippen LogP contribution in [0.4, 0.5) is 0 Å². The number of rotatable bonds is 2. The summed E-state index contributed by atoms with van der Waals surface area (Å²) >= 11 is 0. The highest BCUT2D eigenvalue weighted by atomic mass is 16.5. The zero-order valence-electron chi connectivity index (χ0n) is 7.58. The Balaban J connectivity index is 2.40. The average molecular weight is 171 g/mol. The van der Waals surface area contributed by atoms with Gasteiger partial charge in [-0.15, -0.1) is 0 Å². The molecular weight excluding hydrogens is 154 g/mol. The molecule has 70 valence electrons. The fraction of sp³-hybridized carbons (Fsp3) is 0.889. The molecule has 0 aliphatic heterocycles. The van der Waals surface area contributed by atoms with Crippen LogP contribution in [0.5, 0.6) is 0 Å². The minimum Gasteiger partial charge on any atom is -0.469 e.